The molecule has 1 aliphatic carbocycles. The molecule has 1 aromatic heterocycles. The first kappa shape index (κ1) is 16.7. The molecule has 0 amide bonds. The van der Waals surface area contributed by atoms with Crippen molar-refractivity contribution in [2.24, 2.45) is 17.7 Å². The predicted molar refractivity (Wildman–Crippen MR) is 78.3 cm³/mol. The number of pyridine rings is 1. The van der Waals surface area contributed by atoms with Crippen LogP contribution in [0.2, 0.25) is 0 Å². The van der Waals surface area contributed by atoms with Crippen LogP contribution in [0.3, 0.4) is 0 Å². The van der Waals surface area contributed by atoms with Gasteiger partial charge in [-0.25, -0.2) is 0 Å². The fourth-order valence-corrected chi connectivity index (χ4v) is 3.37. The second-order valence-electron chi connectivity index (χ2n) is 5.54. The van der Waals surface area contributed by atoms with Crippen LogP contribution in [-0.4, -0.2) is 17.2 Å². The number of nitrogens with one attached hydrogen (secondary N) is 1. The number of hydrogen-bond donors (Lipinski definition) is 2. The molecule has 1 aromatic rings. The Morgan fingerprint density at radius 1 is 1.33 bits per heavy atom. The molecule has 2 rings (SSSR count). The van der Waals surface area contributed by atoms with Gasteiger partial charge < -0.3 is 0 Å². The topological polar surface area (TPSA) is 50.9 Å². The molecular weight excluding hydrogens is 347 g/mol. The van der Waals surface area contributed by atoms with Gasteiger partial charge in [-0.15, -0.1) is 0 Å². The van der Waals surface area contributed by atoms with Gasteiger partial charge in [-0.05, 0) is 46.8 Å². The molecule has 1 heterocycles. The van der Waals surface area contributed by atoms with Crippen LogP contribution in [-0.2, 0) is 6.42 Å². The highest BCUT2D eigenvalue weighted by Crippen LogP contribution is 2.43. The van der Waals surface area contributed by atoms with Crippen molar-refractivity contribution in [3.8, 4) is 0 Å². The van der Waals surface area contributed by atoms with Crippen molar-refractivity contribution in [3.63, 3.8) is 0 Å². The third kappa shape index (κ3) is 4.40. The lowest BCUT2D eigenvalue weighted by molar-refractivity contribution is -0.199. The van der Waals surface area contributed by atoms with Gasteiger partial charge in [-0.1, -0.05) is 12.8 Å². The van der Waals surface area contributed by atoms with Gasteiger partial charge in [0, 0.05) is 28.8 Å². The number of hydrogen-bond acceptors (Lipinski definition) is 3. The van der Waals surface area contributed by atoms with E-state index in [1.165, 1.54) is 0 Å². The summed E-state index contributed by atoms with van der Waals surface area (Å²) in [6, 6.07) is 3.23. The van der Waals surface area contributed by atoms with Crippen LogP contribution in [0.1, 0.15) is 31.4 Å². The number of alkyl halides is 3. The predicted octanol–water partition coefficient (Wildman–Crippen LogP) is 3.59. The molecule has 1 fully saturated rings. The second kappa shape index (κ2) is 7.07. The van der Waals surface area contributed by atoms with Crippen LogP contribution in [0.15, 0.2) is 22.8 Å². The number of halogens is 4. The monoisotopic (exact) mass is 365 g/mol. The Morgan fingerprint density at radius 3 is 2.62 bits per heavy atom. The molecule has 0 spiro atoms. The third-order valence-corrected chi connectivity index (χ3v) is 4.66. The fourth-order valence-electron chi connectivity index (χ4n) is 3.13. The van der Waals surface area contributed by atoms with Crippen molar-refractivity contribution >= 4 is 15.9 Å². The smallest absolute Gasteiger partial charge is 0.271 e. The minimum atomic E-state index is -4.16. The second-order valence-corrected chi connectivity index (χ2v) is 6.46. The first-order valence-electron chi connectivity index (χ1n) is 7.05. The highest BCUT2D eigenvalue weighted by Gasteiger charge is 2.47. The van der Waals surface area contributed by atoms with E-state index in [0.29, 0.717) is 19.3 Å². The molecule has 21 heavy (non-hydrogen) atoms. The molecule has 0 aromatic carbocycles. The van der Waals surface area contributed by atoms with Crippen LogP contribution in [0.25, 0.3) is 0 Å². The zero-order valence-electron chi connectivity index (χ0n) is 11.5. The van der Waals surface area contributed by atoms with Gasteiger partial charge in [-0.2, -0.15) is 13.2 Å². The van der Waals surface area contributed by atoms with E-state index < -0.39 is 24.1 Å². The summed E-state index contributed by atoms with van der Waals surface area (Å²) < 4.78 is 40.4. The van der Waals surface area contributed by atoms with Crippen LogP contribution in [0.5, 0.6) is 0 Å². The summed E-state index contributed by atoms with van der Waals surface area (Å²) in [7, 11) is 0. The molecule has 3 atom stereocenters. The molecule has 0 radical (unpaired) electrons. The SMILES string of the molecule is NNC(Cc1ccc(Br)cn1)C1CCCCC1C(F)(F)F. The van der Waals surface area contributed by atoms with Gasteiger partial charge in [0.15, 0.2) is 0 Å². The minimum Gasteiger partial charge on any atom is -0.271 e. The van der Waals surface area contributed by atoms with Crippen molar-refractivity contribution in [2.75, 3.05) is 0 Å². The van der Waals surface area contributed by atoms with E-state index >= 15 is 0 Å². The lowest BCUT2D eigenvalue weighted by atomic mass is 9.74. The Morgan fingerprint density at radius 2 is 2.05 bits per heavy atom. The largest absolute Gasteiger partial charge is 0.392 e. The fraction of sp³-hybridized carbons (Fsp3) is 0.643. The van der Waals surface area contributed by atoms with E-state index in [0.717, 1.165) is 16.6 Å². The molecule has 0 bridgehead atoms. The molecule has 0 aliphatic heterocycles. The van der Waals surface area contributed by atoms with Gasteiger partial charge in [0.2, 0.25) is 0 Å². The normalized spacial score (nSPS) is 24.8. The summed E-state index contributed by atoms with van der Waals surface area (Å²) >= 11 is 3.29. The van der Waals surface area contributed by atoms with E-state index in [1.807, 2.05) is 6.07 Å². The summed E-state index contributed by atoms with van der Waals surface area (Å²) in [5.41, 5.74) is 3.33. The Labute approximate surface area is 130 Å². The highest BCUT2D eigenvalue weighted by atomic mass is 79.9. The standard InChI is InChI=1S/C14H19BrF3N3/c15-9-5-6-10(20-8-9)7-13(21-19)11-3-1-2-4-12(11)14(16,17)18/h5-6,8,11-13,21H,1-4,7,19H2. The quantitative estimate of drug-likeness (QED) is 0.633. The maximum atomic E-state index is 13.2. The highest BCUT2D eigenvalue weighted by molar-refractivity contribution is 9.10. The molecule has 118 valence electrons. The zero-order valence-corrected chi connectivity index (χ0v) is 13.1. The molecule has 3 N–H and O–H groups in total. The van der Waals surface area contributed by atoms with Crippen molar-refractivity contribution in [1.29, 1.82) is 0 Å². The van der Waals surface area contributed by atoms with Crippen LogP contribution in [0, 0.1) is 11.8 Å². The van der Waals surface area contributed by atoms with Gasteiger partial charge in [0.1, 0.15) is 0 Å². The molecule has 7 heteroatoms. The summed E-state index contributed by atoms with van der Waals surface area (Å²) in [6.07, 6.45) is 0.0900. The lowest BCUT2D eigenvalue weighted by Crippen LogP contribution is -2.49. The van der Waals surface area contributed by atoms with Crippen molar-refractivity contribution in [1.82, 2.24) is 10.4 Å². The van der Waals surface area contributed by atoms with Crippen molar-refractivity contribution in [3.05, 3.63) is 28.5 Å². The maximum Gasteiger partial charge on any atom is 0.392 e. The molecule has 1 saturated carbocycles. The molecule has 0 saturated heterocycles. The average Bonchev–Trinajstić information content (AvgIpc) is 2.46. The molecule has 3 unspecified atom stereocenters. The summed E-state index contributed by atoms with van der Waals surface area (Å²) in [4.78, 5) is 4.22. The zero-order chi connectivity index (χ0) is 15.5. The summed E-state index contributed by atoms with van der Waals surface area (Å²) in [6.45, 7) is 0. The van der Waals surface area contributed by atoms with E-state index in [4.69, 9.17) is 5.84 Å². The van der Waals surface area contributed by atoms with E-state index in [-0.39, 0.29) is 6.42 Å². The van der Waals surface area contributed by atoms with Crippen molar-refractivity contribution in [2.45, 2.75) is 44.3 Å². The molecule has 1 aliphatic rings. The van der Waals surface area contributed by atoms with E-state index in [2.05, 4.69) is 26.3 Å². The van der Waals surface area contributed by atoms with Crippen LogP contribution >= 0.6 is 15.9 Å². The third-order valence-electron chi connectivity index (χ3n) is 4.19. The number of aromatic nitrogens is 1. The number of rotatable bonds is 4. The Bertz CT molecular complexity index is 450. The summed E-state index contributed by atoms with van der Waals surface area (Å²) in [5, 5.41) is 0. The van der Waals surface area contributed by atoms with Crippen molar-refractivity contribution < 1.29 is 13.2 Å². The maximum absolute atomic E-state index is 13.2. The first-order chi connectivity index (χ1) is 9.91. The Balaban J connectivity index is 2.12. The van der Waals surface area contributed by atoms with Gasteiger partial charge in [-0.3, -0.25) is 16.3 Å². The first-order valence-corrected chi connectivity index (χ1v) is 7.84. The minimum absolute atomic E-state index is 0.195. The van der Waals surface area contributed by atoms with Crippen LogP contribution < -0.4 is 11.3 Å². The lowest BCUT2D eigenvalue weighted by Gasteiger charge is -2.37. The van der Waals surface area contributed by atoms with Gasteiger partial charge in [0.25, 0.3) is 0 Å². The Hall–Kier alpha value is -0.660. The summed E-state index contributed by atoms with van der Waals surface area (Å²) in [5.74, 6) is 3.77. The van der Waals surface area contributed by atoms with E-state index in [9.17, 15) is 13.2 Å². The molecular formula is C14H19BrF3N3. The number of nitrogens with two attached hydrogens (primary N) is 1. The average molecular weight is 366 g/mol. The number of nitrogens with zero attached hydrogens (tertiary/aromatic N) is 1. The van der Waals surface area contributed by atoms with Gasteiger partial charge >= 0.3 is 6.18 Å². The van der Waals surface area contributed by atoms with E-state index in [1.54, 1.807) is 12.3 Å². The Kier molecular flexibility index (Phi) is 5.62. The van der Waals surface area contributed by atoms with Crippen LogP contribution in [0.4, 0.5) is 13.2 Å². The molecule has 3 nitrogen and oxygen atoms in total. The number of hydrazine groups is 1. The van der Waals surface area contributed by atoms with Gasteiger partial charge in [0.05, 0.1) is 5.92 Å².